The summed E-state index contributed by atoms with van der Waals surface area (Å²) < 4.78 is 11.7. The van der Waals surface area contributed by atoms with Crippen LogP contribution in [0.5, 0.6) is 0 Å². The number of carbonyl (C=O) groups excluding carboxylic acids is 4. The van der Waals surface area contributed by atoms with Crippen molar-refractivity contribution < 1.29 is 28.7 Å². The Bertz CT molecular complexity index is 1430. The number of nitrogens with zero attached hydrogens (tertiary/aromatic N) is 4. The molecule has 0 radical (unpaired) electrons. The minimum absolute atomic E-state index is 0.101. The number of nitrogens with one attached hydrogen (secondary N) is 2. The molecule has 1 saturated carbocycles. The molecule has 4 rings (SSSR count). The van der Waals surface area contributed by atoms with E-state index < -0.39 is 24.9 Å². The predicted octanol–water partition coefficient (Wildman–Crippen LogP) is 2.11. The fourth-order valence-electron chi connectivity index (χ4n) is 3.91. The van der Waals surface area contributed by atoms with Crippen molar-refractivity contribution in [1.82, 2.24) is 25.2 Å². The number of nitrogens with two attached hydrogens (primary N) is 1. The summed E-state index contributed by atoms with van der Waals surface area (Å²) in [6.07, 6.45) is 3.68. The molecule has 0 aliphatic heterocycles. The maximum Gasteiger partial charge on any atom is 0.423 e. The van der Waals surface area contributed by atoms with Gasteiger partial charge in [0.1, 0.15) is 17.9 Å². The van der Waals surface area contributed by atoms with Gasteiger partial charge in [-0.05, 0) is 63.8 Å². The first-order chi connectivity index (χ1) is 18.6. The van der Waals surface area contributed by atoms with Crippen molar-refractivity contribution in [3.8, 4) is 0 Å². The smallest absolute Gasteiger partial charge is 0.423 e. The zero-order valence-electron chi connectivity index (χ0n) is 22.2. The number of aromatic nitrogens is 3. The number of rotatable bonds is 9. The molecular weight excluding hydrogens is 506 g/mol. The predicted molar refractivity (Wildman–Crippen MR) is 141 cm³/mol. The first-order valence-corrected chi connectivity index (χ1v) is 12.5. The van der Waals surface area contributed by atoms with E-state index in [2.05, 4.69) is 20.7 Å². The van der Waals surface area contributed by atoms with Gasteiger partial charge in [0, 0.05) is 24.3 Å². The molecule has 0 spiro atoms. The van der Waals surface area contributed by atoms with Crippen LogP contribution in [0.3, 0.4) is 0 Å². The molecule has 0 bridgehead atoms. The van der Waals surface area contributed by atoms with Gasteiger partial charge in [-0.15, -0.1) is 0 Å². The average Bonchev–Trinajstić information content (AvgIpc) is 3.65. The van der Waals surface area contributed by atoms with E-state index in [0.717, 1.165) is 17.7 Å². The average molecular weight is 538 g/mol. The molecule has 1 aliphatic rings. The SMILES string of the molecule is CCNC(=O)c1cn2ncnc(N(C(=O)OCOC(=O)C(C)N)c3cc(C(=O)NC4CC4)ccc3C)c2c1C. The topological polar surface area (TPSA) is 170 Å². The van der Waals surface area contributed by atoms with Crippen molar-refractivity contribution in [3.05, 3.63) is 53.0 Å². The maximum absolute atomic E-state index is 13.5. The quantitative estimate of drug-likeness (QED) is 0.273. The van der Waals surface area contributed by atoms with Crippen LogP contribution in [0.15, 0.2) is 30.7 Å². The second-order valence-corrected chi connectivity index (χ2v) is 9.27. The minimum atomic E-state index is -0.934. The van der Waals surface area contributed by atoms with E-state index >= 15 is 0 Å². The van der Waals surface area contributed by atoms with Crippen molar-refractivity contribution in [2.24, 2.45) is 5.73 Å². The van der Waals surface area contributed by atoms with E-state index in [9.17, 15) is 19.2 Å². The third-order valence-electron chi connectivity index (χ3n) is 6.16. The number of hydrogen-bond acceptors (Lipinski definition) is 9. The van der Waals surface area contributed by atoms with Crippen LogP contribution in [0.2, 0.25) is 0 Å². The molecule has 3 amide bonds. The third kappa shape index (κ3) is 5.98. The Hall–Kier alpha value is -4.52. The van der Waals surface area contributed by atoms with Gasteiger partial charge in [-0.25, -0.2) is 19.2 Å². The van der Waals surface area contributed by atoms with Gasteiger partial charge in [0.25, 0.3) is 11.8 Å². The Balaban J connectivity index is 1.80. The molecule has 1 aliphatic carbocycles. The lowest BCUT2D eigenvalue weighted by molar-refractivity contribution is -0.152. The number of ether oxygens (including phenoxy) is 2. The molecule has 1 aromatic carbocycles. The molecule has 39 heavy (non-hydrogen) atoms. The molecule has 1 unspecified atom stereocenters. The number of amides is 3. The van der Waals surface area contributed by atoms with Crippen LogP contribution in [0, 0.1) is 13.8 Å². The first-order valence-electron chi connectivity index (χ1n) is 12.5. The van der Waals surface area contributed by atoms with Crippen LogP contribution in [-0.4, -0.2) is 63.9 Å². The van der Waals surface area contributed by atoms with E-state index in [0.29, 0.717) is 40.0 Å². The Morgan fingerprint density at radius 3 is 2.59 bits per heavy atom. The lowest BCUT2D eigenvalue weighted by Gasteiger charge is -2.24. The highest BCUT2D eigenvalue weighted by molar-refractivity contribution is 6.05. The highest BCUT2D eigenvalue weighted by atomic mass is 16.7. The van der Waals surface area contributed by atoms with Gasteiger partial charge < -0.3 is 25.8 Å². The van der Waals surface area contributed by atoms with Crippen LogP contribution in [0.4, 0.5) is 16.3 Å². The van der Waals surface area contributed by atoms with Crippen LogP contribution >= 0.6 is 0 Å². The number of benzene rings is 1. The van der Waals surface area contributed by atoms with Gasteiger partial charge in [-0.3, -0.25) is 14.4 Å². The molecule has 4 N–H and O–H groups in total. The van der Waals surface area contributed by atoms with Gasteiger partial charge in [0.15, 0.2) is 5.82 Å². The van der Waals surface area contributed by atoms with Gasteiger partial charge in [-0.2, -0.15) is 5.10 Å². The summed E-state index contributed by atoms with van der Waals surface area (Å²) in [6.45, 7) is 6.46. The van der Waals surface area contributed by atoms with E-state index in [-0.39, 0.29) is 23.7 Å². The molecule has 3 aromatic rings. The summed E-state index contributed by atoms with van der Waals surface area (Å²) in [6, 6.07) is 4.16. The molecule has 1 fully saturated rings. The zero-order chi connectivity index (χ0) is 28.3. The lowest BCUT2D eigenvalue weighted by Crippen LogP contribution is -2.33. The standard InChI is InChI=1S/C26H31N7O6/c1-5-28-24(35)19-11-32-21(15(19)3)22(29-12-30-32)33(26(37)39-13-38-25(36)16(4)27)20-10-17(7-6-14(20)2)23(34)31-18-8-9-18/h6-7,10-12,16,18H,5,8-9,13,27H2,1-4H3,(H,28,35)(H,31,34). The van der Waals surface area contributed by atoms with Crippen molar-refractivity contribution in [2.45, 2.75) is 52.6 Å². The Morgan fingerprint density at radius 1 is 1.18 bits per heavy atom. The molecule has 2 aromatic heterocycles. The number of anilines is 2. The highest BCUT2D eigenvalue weighted by Gasteiger charge is 2.30. The summed E-state index contributed by atoms with van der Waals surface area (Å²) in [5.74, 6) is -1.23. The summed E-state index contributed by atoms with van der Waals surface area (Å²) >= 11 is 0. The van der Waals surface area contributed by atoms with Crippen LogP contribution < -0.4 is 21.3 Å². The lowest BCUT2D eigenvalue weighted by atomic mass is 10.1. The molecule has 13 heteroatoms. The Morgan fingerprint density at radius 2 is 1.92 bits per heavy atom. The van der Waals surface area contributed by atoms with Crippen molar-refractivity contribution in [2.75, 3.05) is 18.2 Å². The third-order valence-corrected chi connectivity index (χ3v) is 6.16. The Labute approximate surface area is 224 Å². The summed E-state index contributed by atoms with van der Waals surface area (Å²) in [5, 5.41) is 9.90. The van der Waals surface area contributed by atoms with E-state index in [1.54, 1.807) is 45.2 Å². The van der Waals surface area contributed by atoms with Gasteiger partial charge in [-0.1, -0.05) is 6.07 Å². The second kappa shape index (κ2) is 11.5. The van der Waals surface area contributed by atoms with E-state index in [1.165, 1.54) is 17.8 Å². The minimum Gasteiger partial charge on any atom is -0.427 e. The monoisotopic (exact) mass is 537 g/mol. The highest BCUT2D eigenvalue weighted by Crippen LogP contribution is 2.34. The van der Waals surface area contributed by atoms with Crippen molar-refractivity contribution in [3.63, 3.8) is 0 Å². The number of carbonyl (C=O) groups is 4. The van der Waals surface area contributed by atoms with Gasteiger partial charge in [0.2, 0.25) is 6.79 Å². The van der Waals surface area contributed by atoms with E-state index in [4.69, 9.17) is 15.2 Å². The number of esters is 1. The normalized spacial score (nSPS) is 13.5. The maximum atomic E-state index is 13.5. The Kier molecular flexibility index (Phi) is 8.10. The fraction of sp³-hybridized carbons (Fsp3) is 0.385. The molecule has 0 saturated heterocycles. The van der Waals surface area contributed by atoms with Crippen LogP contribution in [0.25, 0.3) is 5.52 Å². The van der Waals surface area contributed by atoms with Crippen LogP contribution in [0.1, 0.15) is 58.5 Å². The van der Waals surface area contributed by atoms with Gasteiger partial charge >= 0.3 is 12.1 Å². The summed E-state index contributed by atoms with van der Waals surface area (Å²) in [7, 11) is 0. The number of fused-ring (bicyclic) bond motifs is 1. The largest absolute Gasteiger partial charge is 0.427 e. The molecule has 206 valence electrons. The van der Waals surface area contributed by atoms with Crippen molar-refractivity contribution >= 4 is 40.9 Å². The fourth-order valence-corrected chi connectivity index (χ4v) is 3.91. The number of hydrogen-bond donors (Lipinski definition) is 3. The van der Waals surface area contributed by atoms with E-state index in [1.807, 2.05) is 0 Å². The first kappa shape index (κ1) is 27.5. The zero-order valence-corrected chi connectivity index (χ0v) is 22.2. The molecule has 2 heterocycles. The van der Waals surface area contributed by atoms with Crippen LogP contribution in [-0.2, 0) is 14.3 Å². The van der Waals surface area contributed by atoms with Gasteiger partial charge in [0.05, 0.1) is 11.3 Å². The molecule has 13 nitrogen and oxygen atoms in total. The molecule has 1 atom stereocenters. The number of aryl methyl sites for hydroxylation is 2. The second-order valence-electron chi connectivity index (χ2n) is 9.27. The summed E-state index contributed by atoms with van der Waals surface area (Å²) in [4.78, 5) is 56.3. The van der Waals surface area contributed by atoms with Crippen molar-refractivity contribution in [1.29, 1.82) is 0 Å². The molecular formula is C26H31N7O6. The summed E-state index contributed by atoms with van der Waals surface area (Å²) in [5.41, 5.74) is 8.04.